The molecule has 4 heteroatoms. The molecule has 0 saturated carbocycles. The topological polar surface area (TPSA) is 21.3 Å². The lowest BCUT2D eigenvalue weighted by molar-refractivity contribution is 0.404. The summed E-state index contributed by atoms with van der Waals surface area (Å²) in [6, 6.07) is 6.46. The van der Waals surface area contributed by atoms with Gasteiger partial charge in [-0.05, 0) is 49.8 Å². The molecule has 1 N–H and O–H groups in total. The van der Waals surface area contributed by atoms with E-state index in [1.165, 1.54) is 24.2 Å². The third kappa shape index (κ3) is 3.21. The Morgan fingerprint density at radius 2 is 2.32 bits per heavy atom. The molecule has 2 atom stereocenters. The predicted octanol–water partition coefficient (Wildman–Crippen LogP) is 4.28. The Hall–Kier alpha value is -0.380. The molecule has 0 amide bonds. The highest BCUT2D eigenvalue weighted by molar-refractivity contribution is 8.00. The summed E-state index contributed by atoms with van der Waals surface area (Å²) < 4.78 is 5.60. The predicted molar refractivity (Wildman–Crippen MR) is 84.5 cm³/mol. The first-order valence-electron chi connectivity index (χ1n) is 6.81. The number of hydrogen-bond acceptors (Lipinski definition) is 3. The lowest BCUT2D eigenvalue weighted by Gasteiger charge is -2.34. The van der Waals surface area contributed by atoms with Gasteiger partial charge in [0.2, 0.25) is 0 Å². The van der Waals surface area contributed by atoms with E-state index in [-0.39, 0.29) is 4.75 Å². The van der Waals surface area contributed by atoms with E-state index in [4.69, 9.17) is 16.3 Å². The van der Waals surface area contributed by atoms with Crippen LogP contribution in [0.4, 0.5) is 0 Å². The van der Waals surface area contributed by atoms with Gasteiger partial charge >= 0.3 is 0 Å². The molecule has 2 unspecified atom stereocenters. The van der Waals surface area contributed by atoms with Crippen molar-refractivity contribution in [3.05, 3.63) is 28.8 Å². The summed E-state index contributed by atoms with van der Waals surface area (Å²) in [5, 5.41) is 4.30. The van der Waals surface area contributed by atoms with Crippen molar-refractivity contribution < 1.29 is 4.74 Å². The third-order valence-corrected chi connectivity index (χ3v) is 5.68. The standard InChI is InChI=1S/C15H22ClNOS/c1-4-17-14(15(2)8-5-9-19-15)11-6-7-12(16)13(10-11)18-3/h6-7,10,14,17H,4-5,8-9H2,1-3H3. The second-order valence-electron chi connectivity index (χ2n) is 5.15. The van der Waals surface area contributed by atoms with Gasteiger partial charge in [-0.1, -0.05) is 24.6 Å². The van der Waals surface area contributed by atoms with Gasteiger partial charge in [-0.25, -0.2) is 0 Å². The van der Waals surface area contributed by atoms with Crippen LogP contribution in [0.25, 0.3) is 0 Å². The van der Waals surface area contributed by atoms with E-state index in [1.807, 2.05) is 6.07 Å². The van der Waals surface area contributed by atoms with Crippen molar-refractivity contribution in [3.8, 4) is 5.75 Å². The Kier molecular flexibility index (Phi) is 5.04. The van der Waals surface area contributed by atoms with Crippen molar-refractivity contribution in [2.24, 2.45) is 0 Å². The third-order valence-electron chi connectivity index (χ3n) is 3.78. The van der Waals surface area contributed by atoms with Crippen LogP contribution in [0.3, 0.4) is 0 Å². The summed E-state index contributed by atoms with van der Waals surface area (Å²) in [6.07, 6.45) is 2.55. The quantitative estimate of drug-likeness (QED) is 0.876. The molecule has 106 valence electrons. The number of nitrogens with one attached hydrogen (secondary N) is 1. The minimum Gasteiger partial charge on any atom is -0.495 e. The molecule has 0 aromatic heterocycles. The van der Waals surface area contributed by atoms with E-state index in [0.717, 1.165) is 12.3 Å². The van der Waals surface area contributed by atoms with Crippen LogP contribution in [0.15, 0.2) is 18.2 Å². The van der Waals surface area contributed by atoms with Gasteiger partial charge in [-0.15, -0.1) is 0 Å². The highest BCUT2D eigenvalue weighted by atomic mass is 35.5. The minimum absolute atomic E-state index is 0.259. The highest BCUT2D eigenvalue weighted by Gasteiger charge is 2.38. The molecule has 2 nitrogen and oxygen atoms in total. The minimum atomic E-state index is 0.259. The van der Waals surface area contributed by atoms with E-state index < -0.39 is 0 Å². The fourth-order valence-corrected chi connectivity index (χ4v) is 4.40. The average molecular weight is 300 g/mol. The summed E-state index contributed by atoms with van der Waals surface area (Å²) in [7, 11) is 1.67. The molecular formula is C15H22ClNOS. The molecule has 2 rings (SSSR count). The Bertz CT molecular complexity index is 432. The number of rotatable bonds is 5. The number of methoxy groups -OCH3 is 1. The molecular weight excluding hydrogens is 278 g/mol. The van der Waals surface area contributed by atoms with Crippen LogP contribution in [-0.4, -0.2) is 24.2 Å². The Morgan fingerprint density at radius 1 is 1.53 bits per heavy atom. The molecule has 1 saturated heterocycles. The maximum Gasteiger partial charge on any atom is 0.137 e. The van der Waals surface area contributed by atoms with E-state index in [9.17, 15) is 0 Å². The Labute approximate surface area is 125 Å². The second kappa shape index (κ2) is 6.38. The largest absolute Gasteiger partial charge is 0.495 e. The SMILES string of the molecule is CCNC(c1ccc(Cl)c(OC)c1)C1(C)CCCS1. The van der Waals surface area contributed by atoms with Crippen molar-refractivity contribution in [1.82, 2.24) is 5.32 Å². The van der Waals surface area contributed by atoms with Crippen LogP contribution in [-0.2, 0) is 0 Å². The Balaban J connectivity index is 2.33. The summed E-state index contributed by atoms with van der Waals surface area (Å²) in [5.74, 6) is 2.01. The Morgan fingerprint density at radius 3 is 2.89 bits per heavy atom. The van der Waals surface area contributed by atoms with Crippen LogP contribution >= 0.6 is 23.4 Å². The zero-order valence-corrected chi connectivity index (χ0v) is 13.4. The molecule has 1 aromatic rings. The first kappa shape index (κ1) is 15.0. The number of benzene rings is 1. The molecule has 1 aliphatic rings. The van der Waals surface area contributed by atoms with Crippen molar-refractivity contribution >= 4 is 23.4 Å². The molecule has 1 aliphatic heterocycles. The monoisotopic (exact) mass is 299 g/mol. The van der Waals surface area contributed by atoms with Gasteiger partial charge in [0, 0.05) is 10.8 Å². The van der Waals surface area contributed by atoms with E-state index in [0.29, 0.717) is 11.1 Å². The second-order valence-corrected chi connectivity index (χ2v) is 7.19. The number of thioether (sulfide) groups is 1. The van der Waals surface area contributed by atoms with Crippen molar-refractivity contribution in [2.75, 3.05) is 19.4 Å². The fraction of sp³-hybridized carbons (Fsp3) is 0.600. The summed E-state index contributed by atoms with van der Waals surface area (Å²) >= 11 is 8.19. The van der Waals surface area contributed by atoms with Crippen LogP contribution in [0.2, 0.25) is 5.02 Å². The van der Waals surface area contributed by atoms with Crippen molar-refractivity contribution in [3.63, 3.8) is 0 Å². The number of ether oxygens (including phenoxy) is 1. The molecule has 1 aromatic carbocycles. The zero-order valence-electron chi connectivity index (χ0n) is 11.8. The summed E-state index contributed by atoms with van der Waals surface area (Å²) in [5.41, 5.74) is 1.26. The van der Waals surface area contributed by atoms with Crippen molar-refractivity contribution in [2.45, 2.75) is 37.5 Å². The van der Waals surface area contributed by atoms with Crippen LogP contribution in [0.5, 0.6) is 5.75 Å². The molecule has 0 spiro atoms. The first-order chi connectivity index (χ1) is 9.10. The van der Waals surface area contributed by atoms with Gasteiger partial charge in [-0.3, -0.25) is 0 Å². The van der Waals surface area contributed by atoms with Crippen molar-refractivity contribution in [1.29, 1.82) is 0 Å². The van der Waals surface area contributed by atoms with Gasteiger partial charge < -0.3 is 10.1 Å². The van der Waals surface area contributed by atoms with Crippen LogP contribution in [0, 0.1) is 0 Å². The van der Waals surface area contributed by atoms with Gasteiger partial charge in [0.1, 0.15) is 5.75 Å². The van der Waals surface area contributed by atoms with Crippen LogP contribution in [0.1, 0.15) is 38.3 Å². The van der Waals surface area contributed by atoms with E-state index in [2.05, 4.69) is 43.1 Å². The first-order valence-corrected chi connectivity index (χ1v) is 8.18. The van der Waals surface area contributed by atoms with Gasteiger partial charge in [0.05, 0.1) is 12.1 Å². The molecule has 1 heterocycles. The lowest BCUT2D eigenvalue weighted by Crippen LogP contribution is -2.37. The molecule has 1 fully saturated rings. The maximum atomic E-state index is 6.12. The van der Waals surface area contributed by atoms with E-state index >= 15 is 0 Å². The van der Waals surface area contributed by atoms with E-state index in [1.54, 1.807) is 7.11 Å². The van der Waals surface area contributed by atoms with Gasteiger partial charge in [0.25, 0.3) is 0 Å². The maximum absolute atomic E-state index is 6.12. The summed E-state index contributed by atoms with van der Waals surface area (Å²) in [6.45, 7) is 5.48. The zero-order chi connectivity index (χ0) is 13.9. The molecule has 0 bridgehead atoms. The normalized spacial score (nSPS) is 24.4. The number of hydrogen-bond donors (Lipinski definition) is 1. The molecule has 0 aliphatic carbocycles. The lowest BCUT2D eigenvalue weighted by atomic mass is 9.90. The smallest absolute Gasteiger partial charge is 0.137 e. The van der Waals surface area contributed by atoms with Crippen LogP contribution < -0.4 is 10.1 Å². The summed E-state index contributed by atoms with van der Waals surface area (Å²) in [4.78, 5) is 0. The van der Waals surface area contributed by atoms with Gasteiger partial charge in [-0.2, -0.15) is 11.8 Å². The molecule has 0 radical (unpaired) electrons. The molecule has 19 heavy (non-hydrogen) atoms. The fourth-order valence-electron chi connectivity index (χ4n) is 2.77. The number of halogens is 1. The van der Waals surface area contributed by atoms with Gasteiger partial charge in [0.15, 0.2) is 0 Å². The average Bonchev–Trinajstić information content (AvgIpc) is 2.85. The highest BCUT2D eigenvalue weighted by Crippen LogP contribution is 2.47.